The van der Waals surface area contributed by atoms with Crippen molar-refractivity contribution in [2.24, 2.45) is 0 Å². The van der Waals surface area contributed by atoms with E-state index >= 15 is 0 Å². The van der Waals surface area contributed by atoms with Gasteiger partial charge in [0, 0.05) is 18.8 Å². The molecular formula is C13H15NOS. The van der Waals surface area contributed by atoms with Gasteiger partial charge in [0.2, 0.25) is 0 Å². The van der Waals surface area contributed by atoms with Crippen LogP contribution in [-0.4, -0.2) is 18.3 Å². The first-order valence-corrected chi connectivity index (χ1v) is 6.32. The van der Waals surface area contributed by atoms with Gasteiger partial charge in [0.15, 0.2) is 0 Å². The summed E-state index contributed by atoms with van der Waals surface area (Å²) in [7, 11) is 0. The third-order valence-corrected chi connectivity index (χ3v) is 3.06. The van der Waals surface area contributed by atoms with Crippen molar-refractivity contribution in [3.05, 3.63) is 41.1 Å². The molecule has 3 heteroatoms. The summed E-state index contributed by atoms with van der Waals surface area (Å²) in [5.74, 6) is 0. The zero-order valence-corrected chi connectivity index (χ0v) is 9.83. The second-order valence-electron chi connectivity index (χ2n) is 3.60. The highest BCUT2D eigenvalue weighted by Gasteiger charge is 1.98. The van der Waals surface area contributed by atoms with E-state index in [4.69, 9.17) is 5.11 Å². The number of thiophene rings is 1. The van der Waals surface area contributed by atoms with Crippen molar-refractivity contribution in [2.75, 3.05) is 18.5 Å². The summed E-state index contributed by atoms with van der Waals surface area (Å²) < 4.78 is 0. The fourth-order valence-electron chi connectivity index (χ4n) is 1.55. The zero-order valence-electron chi connectivity index (χ0n) is 9.02. The molecule has 0 aliphatic heterocycles. The number of rotatable bonds is 5. The summed E-state index contributed by atoms with van der Waals surface area (Å²) in [5, 5.41) is 16.2. The first-order valence-electron chi connectivity index (χ1n) is 5.37. The molecule has 0 amide bonds. The van der Waals surface area contributed by atoms with Crippen LogP contribution in [0, 0.1) is 0 Å². The summed E-state index contributed by atoms with van der Waals surface area (Å²) in [6, 6.07) is 10.5. The molecule has 2 nitrogen and oxygen atoms in total. The van der Waals surface area contributed by atoms with Gasteiger partial charge in [0.05, 0.1) is 0 Å². The van der Waals surface area contributed by atoms with Crippen molar-refractivity contribution in [1.82, 2.24) is 0 Å². The first-order chi connectivity index (χ1) is 7.90. The Morgan fingerprint density at radius 2 is 2.12 bits per heavy atom. The molecule has 1 heterocycles. The van der Waals surface area contributed by atoms with E-state index in [1.165, 1.54) is 11.1 Å². The molecule has 0 spiro atoms. The number of hydrogen-bond acceptors (Lipinski definition) is 3. The standard InChI is InChI=1S/C13H15NOS/c15-7-2-6-14-13-4-1-3-11(9-13)12-5-8-16-10-12/h1,3-5,8-10,14-15H,2,6-7H2. The van der Waals surface area contributed by atoms with Crippen LogP contribution in [0.25, 0.3) is 11.1 Å². The van der Waals surface area contributed by atoms with Gasteiger partial charge in [-0.2, -0.15) is 11.3 Å². The number of aliphatic hydroxyl groups is 1. The fourth-order valence-corrected chi connectivity index (χ4v) is 2.21. The Kier molecular flexibility index (Phi) is 3.97. The van der Waals surface area contributed by atoms with Crippen LogP contribution in [0.4, 0.5) is 5.69 Å². The third-order valence-electron chi connectivity index (χ3n) is 2.38. The van der Waals surface area contributed by atoms with Crippen molar-refractivity contribution >= 4 is 17.0 Å². The number of aliphatic hydroxyl groups excluding tert-OH is 1. The molecule has 0 atom stereocenters. The highest BCUT2D eigenvalue weighted by atomic mass is 32.1. The molecule has 1 aromatic heterocycles. The average Bonchev–Trinajstić information content (AvgIpc) is 2.83. The topological polar surface area (TPSA) is 32.3 Å². The summed E-state index contributed by atoms with van der Waals surface area (Å²) in [5.41, 5.74) is 3.60. The molecule has 0 aliphatic carbocycles. The van der Waals surface area contributed by atoms with Crippen LogP contribution in [0.5, 0.6) is 0 Å². The lowest BCUT2D eigenvalue weighted by Gasteiger charge is -2.06. The molecular weight excluding hydrogens is 218 g/mol. The Bertz CT molecular complexity index is 425. The summed E-state index contributed by atoms with van der Waals surface area (Å²) in [6.07, 6.45) is 0.780. The van der Waals surface area contributed by atoms with Gasteiger partial charge in [-0.3, -0.25) is 0 Å². The Hall–Kier alpha value is -1.32. The fraction of sp³-hybridized carbons (Fsp3) is 0.231. The van der Waals surface area contributed by atoms with E-state index in [-0.39, 0.29) is 6.61 Å². The summed E-state index contributed by atoms with van der Waals surface area (Å²) in [6.45, 7) is 1.04. The first kappa shape index (κ1) is 11.2. The molecule has 1 aromatic carbocycles. The monoisotopic (exact) mass is 233 g/mol. The van der Waals surface area contributed by atoms with Gasteiger partial charge in [0.1, 0.15) is 0 Å². The smallest absolute Gasteiger partial charge is 0.0447 e. The molecule has 0 fully saturated rings. The molecule has 2 N–H and O–H groups in total. The molecule has 0 saturated heterocycles. The third kappa shape index (κ3) is 2.84. The minimum absolute atomic E-state index is 0.233. The number of anilines is 1. The van der Waals surface area contributed by atoms with Crippen LogP contribution in [0.3, 0.4) is 0 Å². The molecule has 84 valence electrons. The number of benzene rings is 1. The molecule has 0 radical (unpaired) electrons. The zero-order chi connectivity index (χ0) is 11.2. The van der Waals surface area contributed by atoms with Crippen LogP contribution in [-0.2, 0) is 0 Å². The van der Waals surface area contributed by atoms with Crippen molar-refractivity contribution in [1.29, 1.82) is 0 Å². The van der Waals surface area contributed by atoms with Crippen LogP contribution < -0.4 is 5.32 Å². The molecule has 16 heavy (non-hydrogen) atoms. The Morgan fingerprint density at radius 1 is 1.19 bits per heavy atom. The Morgan fingerprint density at radius 3 is 2.88 bits per heavy atom. The molecule has 0 aliphatic rings. The van der Waals surface area contributed by atoms with Crippen LogP contribution in [0.15, 0.2) is 41.1 Å². The highest BCUT2D eigenvalue weighted by molar-refractivity contribution is 7.08. The quantitative estimate of drug-likeness (QED) is 0.777. The van der Waals surface area contributed by atoms with Crippen molar-refractivity contribution < 1.29 is 5.11 Å². The maximum Gasteiger partial charge on any atom is 0.0447 e. The Labute approximate surface area is 99.6 Å². The highest BCUT2D eigenvalue weighted by Crippen LogP contribution is 2.24. The summed E-state index contributed by atoms with van der Waals surface area (Å²) in [4.78, 5) is 0. The normalized spacial score (nSPS) is 10.3. The molecule has 0 unspecified atom stereocenters. The van der Waals surface area contributed by atoms with E-state index in [0.29, 0.717) is 0 Å². The van der Waals surface area contributed by atoms with E-state index in [1.807, 2.05) is 12.1 Å². The summed E-state index contributed by atoms with van der Waals surface area (Å²) >= 11 is 1.71. The SMILES string of the molecule is OCCCNc1cccc(-c2ccsc2)c1. The van der Waals surface area contributed by atoms with E-state index in [2.05, 4.69) is 34.3 Å². The van der Waals surface area contributed by atoms with Gasteiger partial charge in [-0.1, -0.05) is 12.1 Å². The average molecular weight is 233 g/mol. The minimum Gasteiger partial charge on any atom is -0.396 e. The largest absolute Gasteiger partial charge is 0.396 e. The second-order valence-corrected chi connectivity index (χ2v) is 4.38. The van der Waals surface area contributed by atoms with E-state index in [1.54, 1.807) is 11.3 Å². The lowest BCUT2D eigenvalue weighted by Crippen LogP contribution is -2.03. The predicted molar refractivity (Wildman–Crippen MR) is 69.9 cm³/mol. The van der Waals surface area contributed by atoms with Gasteiger partial charge < -0.3 is 10.4 Å². The maximum atomic E-state index is 8.71. The molecule has 0 bridgehead atoms. The van der Waals surface area contributed by atoms with E-state index in [0.717, 1.165) is 18.7 Å². The van der Waals surface area contributed by atoms with Gasteiger partial charge in [-0.25, -0.2) is 0 Å². The van der Waals surface area contributed by atoms with Crippen molar-refractivity contribution in [2.45, 2.75) is 6.42 Å². The number of hydrogen-bond donors (Lipinski definition) is 2. The predicted octanol–water partition coefficient (Wildman–Crippen LogP) is 3.21. The van der Waals surface area contributed by atoms with Crippen LogP contribution in [0.1, 0.15) is 6.42 Å². The van der Waals surface area contributed by atoms with Crippen molar-refractivity contribution in [3.8, 4) is 11.1 Å². The van der Waals surface area contributed by atoms with Crippen molar-refractivity contribution in [3.63, 3.8) is 0 Å². The van der Waals surface area contributed by atoms with E-state index in [9.17, 15) is 0 Å². The Balaban J connectivity index is 2.08. The lowest BCUT2D eigenvalue weighted by molar-refractivity contribution is 0.292. The molecule has 0 saturated carbocycles. The van der Waals surface area contributed by atoms with Gasteiger partial charge in [-0.05, 0) is 46.5 Å². The van der Waals surface area contributed by atoms with Gasteiger partial charge in [-0.15, -0.1) is 0 Å². The minimum atomic E-state index is 0.233. The van der Waals surface area contributed by atoms with Gasteiger partial charge in [0.25, 0.3) is 0 Å². The maximum absolute atomic E-state index is 8.71. The van der Waals surface area contributed by atoms with Crippen LogP contribution in [0.2, 0.25) is 0 Å². The lowest BCUT2D eigenvalue weighted by atomic mass is 10.1. The molecule has 2 aromatic rings. The number of nitrogens with one attached hydrogen (secondary N) is 1. The van der Waals surface area contributed by atoms with Gasteiger partial charge >= 0.3 is 0 Å². The molecule has 2 rings (SSSR count). The van der Waals surface area contributed by atoms with Crippen LogP contribution >= 0.6 is 11.3 Å². The second kappa shape index (κ2) is 5.68. The van der Waals surface area contributed by atoms with E-state index < -0.39 is 0 Å².